The first-order chi connectivity index (χ1) is 13.9. The second kappa shape index (κ2) is 9.28. The highest BCUT2D eigenvalue weighted by atomic mass is 32.2. The van der Waals surface area contributed by atoms with Gasteiger partial charge >= 0.3 is 0 Å². The Morgan fingerprint density at radius 1 is 1.07 bits per heavy atom. The molecule has 7 nitrogen and oxygen atoms in total. The van der Waals surface area contributed by atoms with Crippen LogP contribution >= 0.6 is 0 Å². The van der Waals surface area contributed by atoms with Gasteiger partial charge in [-0.25, -0.2) is 8.42 Å². The van der Waals surface area contributed by atoms with E-state index in [9.17, 15) is 13.2 Å². The zero-order valence-electron chi connectivity index (χ0n) is 16.7. The Kier molecular flexibility index (Phi) is 6.76. The van der Waals surface area contributed by atoms with Gasteiger partial charge in [0.05, 0.1) is 24.2 Å². The van der Waals surface area contributed by atoms with Crippen LogP contribution in [-0.4, -0.2) is 46.5 Å². The number of nitrogens with zero attached hydrogens (tertiary/aromatic N) is 1. The Balaban J connectivity index is 1.89. The van der Waals surface area contributed by atoms with Gasteiger partial charge in [0.2, 0.25) is 0 Å². The number of ether oxygens (including phenoxy) is 2. The summed E-state index contributed by atoms with van der Waals surface area (Å²) in [5, 5.41) is 0. The van der Waals surface area contributed by atoms with Gasteiger partial charge in [0.1, 0.15) is 5.75 Å². The second-order valence-electron chi connectivity index (χ2n) is 6.95. The smallest absolute Gasteiger partial charge is 0.261 e. The van der Waals surface area contributed by atoms with Crippen LogP contribution in [0, 0.1) is 0 Å². The minimum Gasteiger partial charge on any atom is -0.496 e. The van der Waals surface area contributed by atoms with Gasteiger partial charge in [-0.3, -0.25) is 9.52 Å². The Morgan fingerprint density at radius 3 is 2.52 bits per heavy atom. The molecule has 29 heavy (non-hydrogen) atoms. The molecule has 0 atom stereocenters. The van der Waals surface area contributed by atoms with Gasteiger partial charge < -0.3 is 14.4 Å². The highest BCUT2D eigenvalue weighted by Gasteiger charge is 2.24. The molecule has 2 aromatic rings. The number of hydrogen-bond donors (Lipinski definition) is 1. The molecule has 0 aliphatic carbocycles. The van der Waals surface area contributed by atoms with E-state index in [1.54, 1.807) is 30.2 Å². The summed E-state index contributed by atoms with van der Waals surface area (Å²) in [6, 6.07) is 11.3. The molecule has 1 heterocycles. The Hall–Kier alpha value is -2.58. The van der Waals surface area contributed by atoms with E-state index in [1.165, 1.54) is 25.3 Å². The lowest BCUT2D eigenvalue weighted by Gasteiger charge is -2.27. The lowest BCUT2D eigenvalue weighted by Crippen LogP contribution is -2.35. The molecule has 8 heteroatoms. The van der Waals surface area contributed by atoms with E-state index < -0.39 is 10.0 Å². The second-order valence-corrected chi connectivity index (χ2v) is 8.64. The predicted molar refractivity (Wildman–Crippen MR) is 111 cm³/mol. The van der Waals surface area contributed by atoms with E-state index in [-0.39, 0.29) is 16.4 Å². The summed E-state index contributed by atoms with van der Waals surface area (Å²) in [4.78, 5) is 14.7. The normalized spacial score (nSPS) is 14.5. The van der Waals surface area contributed by atoms with E-state index >= 15 is 0 Å². The van der Waals surface area contributed by atoms with Crippen molar-refractivity contribution >= 4 is 21.6 Å². The van der Waals surface area contributed by atoms with Gasteiger partial charge in [-0.05, 0) is 55.2 Å². The average Bonchev–Trinajstić information content (AvgIpc) is 2.73. The molecule has 1 amide bonds. The molecule has 0 aromatic heterocycles. The summed E-state index contributed by atoms with van der Waals surface area (Å²) < 4.78 is 38.8. The number of piperidine rings is 1. The Morgan fingerprint density at radius 2 is 1.83 bits per heavy atom. The van der Waals surface area contributed by atoms with Gasteiger partial charge in [-0.15, -0.1) is 0 Å². The molecule has 0 radical (unpaired) electrons. The third kappa shape index (κ3) is 5.07. The number of methoxy groups -OCH3 is 2. The van der Waals surface area contributed by atoms with Crippen LogP contribution in [0.1, 0.15) is 35.2 Å². The van der Waals surface area contributed by atoms with Crippen LogP contribution in [0.2, 0.25) is 0 Å². The highest BCUT2D eigenvalue weighted by Crippen LogP contribution is 2.26. The van der Waals surface area contributed by atoms with Crippen LogP contribution in [0.5, 0.6) is 5.75 Å². The summed E-state index contributed by atoms with van der Waals surface area (Å²) in [7, 11) is -0.827. The van der Waals surface area contributed by atoms with Crippen molar-refractivity contribution in [2.75, 3.05) is 32.0 Å². The van der Waals surface area contributed by atoms with Gasteiger partial charge in [0.25, 0.3) is 15.9 Å². The molecule has 0 spiro atoms. The van der Waals surface area contributed by atoms with Crippen LogP contribution in [0.15, 0.2) is 47.4 Å². The highest BCUT2D eigenvalue weighted by molar-refractivity contribution is 7.92. The first-order valence-corrected chi connectivity index (χ1v) is 11.0. The lowest BCUT2D eigenvalue weighted by molar-refractivity contribution is 0.0720. The minimum absolute atomic E-state index is 0.0100. The molecule has 1 fully saturated rings. The van der Waals surface area contributed by atoms with Crippen LogP contribution in [0.25, 0.3) is 0 Å². The van der Waals surface area contributed by atoms with Crippen molar-refractivity contribution in [1.29, 1.82) is 0 Å². The molecule has 1 saturated heterocycles. The number of carbonyl (C=O) groups excluding carboxylic acids is 1. The molecule has 3 rings (SSSR count). The van der Waals surface area contributed by atoms with Gasteiger partial charge in [0, 0.05) is 25.9 Å². The monoisotopic (exact) mass is 418 g/mol. The quantitative estimate of drug-likeness (QED) is 0.746. The largest absolute Gasteiger partial charge is 0.496 e. The fourth-order valence-corrected chi connectivity index (χ4v) is 4.47. The first kappa shape index (κ1) is 21.1. The summed E-state index contributed by atoms with van der Waals surface area (Å²) in [5.74, 6) is 0.155. The summed E-state index contributed by atoms with van der Waals surface area (Å²) in [6.45, 7) is 1.72. The third-order valence-electron chi connectivity index (χ3n) is 4.85. The van der Waals surface area contributed by atoms with Crippen molar-refractivity contribution < 1.29 is 22.7 Å². The van der Waals surface area contributed by atoms with E-state index in [4.69, 9.17) is 9.47 Å². The van der Waals surface area contributed by atoms with Crippen molar-refractivity contribution in [3.05, 3.63) is 53.6 Å². The summed E-state index contributed by atoms with van der Waals surface area (Å²) >= 11 is 0. The zero-order chi connectivity index (χ0) is 20.9. The molecule has 1 aliphatic rings. The topological polar surface area (TPSA) is 84.9 Å². The molecule has 1 aliphatic heterocycles. The number of hydrogen-bond acceptors (Lipinski definition) is 5. The number of anilines is 1. The number of benzene rings is 2. The third-order valence-corrected chi connectivity index (χ3v) is 6.22. The fraction of sp³-hybridized carbons (Fsp3) is 0.381. The maximum atomic E-state index is 13.0. The molecule has 156 valence electrons. The lowest BCUT2D eigenvalue weighted by atomic mass is 10.1. The minimum atomic E-state index is -3.87. The Bertz CT molecular complexity index is 969. The first-order valence-electron chi connectivity index (χ1n) is 9.52. The standard InChI is InChI=1S/C21H26N2O5S/c1-27-15-16-7-6-8-17(13-16)22-29(25,26)18-9-10-20(28-2)19(14-18)21(24)23-11-4-3-5-12-23/h6-10,13-14,22H,3-5,11-12,15H2,1-2H3. The van der Waals surface area contributed by atoms with E-state index in [0.29, 0.717) is 31.1 Å². The van der Waals surface area contributed by atoms with E-state index in [1.807, 2.05) is 6.07 Å². The fourth-order valence-electron chi connectivity index (χ4n) is 3.39. The number of sulfonamides is 1. The average molecular weight is 419 g/mol. The van der Waals surface area contributed by atoms with Crippen LogP contribution in [0.4, 0.5) is 5.69 Å². The maximum absolute atomic E-state index is 13.0. The maximum Gasteiger partial charge on any atom is 0.261 e. The SMILES string of the molecule is COCc1cccc(NS(=O)(=O)c2ccc(OC)c(C(=O)N3CCCCC3)c2)c1. The molecule has 1 N–H and O–H groups in total. The van der Waals surface area contributed by atoms with E-state index in [2.05, 4.69) is 4.72 Å². The molecule has 0 bridgehead atoms. The van der Waals surface area contributed by atoms with Crippen LogP contribution < -0.4 is 9.46 Å². The van der Waals surface area contributed by atoms with Crippen molar-refractivity contribution in [3.8, 4) is 5.75 Å². The number of likely N-dealkylation sites (tertiary alicyclic amines) is 1. The molecule has 2 aromatic carbocycles. The van der Waals surface area contributed by atoms with Crippen molar-refractivity contribution in [2.45, 2.75) is 30.8 Å². The summed E-state index contributed by atoms with van der Waals surface area (Å²) in [6.07, 6.45) is 3.00. The Labute approximate surface area is 171 Å². The van der Waals surface area contributed by atoms with Crippen molar-refractivity contribution in [1.82, 2.24) is 4.90 Å². The molecule has 0 unspecified atom stereocenters. The number of rotatable bonds is 7. The van der Waals surface area contributed by atoms with Crippen molar-refractivity contribution in [3.63, 3.8) is 0 Å². The van der Waals surface area contributed by atoms with Crippen molar-refractivity contribution in [2.24, 2.45) is 0 Å². The number of nitrogens with one attached hydrogen (secondary N) is 1. The van der Waals surface area contributed by atoms with Crippen LogP contribution in [0.3, 0.4) is 0 Å². The molecular formula is C21H26N2O5S. The molecular weight excluding hydrogens is 392 g/mol. The predicted octanol–water partition coefficient (Wildman–Crippen LogP) is 3.27. The summed E-state index contributed by atoms with van der Waals surface area (Å²) in [5.41, 5.74) is 1.54. The number of carbonyl (C=O) groups is 1. The van der Waals surface area contributed by atoms with Crippen LogP contribution in [-0.2, 0) is 21.4 Å². The van der Waals surface area contributed by atoms with Gasteiger partial charge in [-0.2, -0.15) is 0 Å². The zero-order valence-corrected chi connectivity index (χ0v) is 17.5. The van der Waals surface area contributed by atoms with E-state index in [0.717, 1.165) is 24.8 Å². The van der Waals surface area contributed by atoms with Gasteiger partial charge in [0.15, 0.2) is 0 Å². The number of amides is 1. The van der Waals surface area contributed by atoms with Gasteiger partial charge in [-0.1, -0.05) is 12.1 Å². The molecule has 0 saturated carbocycles.